The summed E-state index contributed by atoms with van der Waals surface area (Å²) < 4.78 is 28.9. The lowest BCUT2D eigenvalue weighted by Crippen LogP contribution is -2.37. The minimum atomic E-state index is -4.00. The Morgan fingerprint density at radius 1 is 1.03 bits per heavy atom. The van der Waals surface area contributed by atoms with E-state index in [1.807, 2.05) is 26.0 Å². The molecule has 5 nitrogen and oxygen atoms in total. The Hall–Kier alpha value is -1.90. The molecule has 33 heavy (non-hydrogen) atoms. The lowest BCUT2D eigenvalue weighted by atomic mass is 10.1. The first-order valence-electron chi connectivity index (χ1n) is 10.2. The van der Waals surface area contributed by atoms with Gasteiger partial charge in [0.2, 0.25) is 15.9 Å². The number of benzene rings is 3. The molecule has 0 saturated carbocycles. The predicted octanol–water partition coefficient (Wildman–Crippen LogP) is 6.46. The second kappa shape index (κ2) is 11.0. The Morgan fingerprint density at radius 2 is 1.70 bits per heavy atom. The monoisotopic (exact) mass is 568 g/mol. The molecule has 0 bridgehead atoms. The molecule has 0 saturated heterocycles. The van der Waals surface area contributed by atoms with Gasteiger partial charge in [-0.2, -0.15) is 4.31 Å². The van der Waals surface area contributed by atoms with Crippen molar-refractivity contribution in [1.82, 2.24) is 4.31 Å². The van der Waals surface area contributed by atoms with E-state index in [9.17, 15) is 13.2 Å². The molecule has 174 valence electrons. The molecule has 0 aromatic heterocycles. The minimum absolute atomic E-state index is 0.0424. The standard InChI is InChI=1S/C24H23BrCl2N2O3S/c1-3-17-13-19(25)12-16(2)24(17)28-23(30)15-29(14-18-6-4-5-7-22(18)27)33(31,32)21-10-8-20(26)9-11-21/h4-13H,3,14-15H2,1-2H3,(H,28,30). The largest absolute Gasteiger partial charge is 0.324 e. The number of hydrogen-bond donors (Lipinski definition) is 1. The van der Waals surface area contributed by atoms with Crippen molar-refractivity contribution in [2.45, 2.75) is 31.7 Å². The summed E-state index contributed by atoms with van der Waals surface area (Å²) >= 11 is 15.7. The molecule has 0 aliphatic carbocycles. The van der Waals surface area contributed by atoms with E-state index in [-0.39, 0.29) is 18.0 Å². The first kappa shape index (κ1) is 25.7. The van der Waals surface area contributed by atoms with Crippen molar-refractivity contribution in [3.8, 4) is 0 Å². The van der Waals surface area contributed by atoms with Gasteiger partial charge in [0.15, 0.2) is 0 Å². The van der Waals surface area contributed by atoms with Crippen molar-refractivity contribution in [2.75, 3.05) is 11.9 Å². The number of halogens is 3. The van der Waals surface area contributed by atoms with Gasteiger partial charge in [-0.25, -0.2) is 8.42 Å². The number of carbonyl (C=O) groups excluding carboxylic acids is 1. The molecule has 0 aliphatic heterocycles. The molecule has 3 aromatic rings. The topological polar surface area (TPSA) is 66.5 Å². The highest BCUT2D eigenvalue weighted by molar-refractivity contribution is 9.10. The van der Waals surface area contributed by atoms with E-state index in [0.717, 1.165) is 19.9 Å². The summed E-state index contributed by atoms with van der Waals surface area (Å²) in [5.41, 5.74) is 3.12. The molecule has 0 radical (unpaired) electrons. The Bertz CT molecular complexity index is 1270. The van der Waals surface area contributed by atoms with Crippen LogP contribution in [-0.2, 0) is 27.8 Å². The molecule has 3 rings (SSSR count). The van der Waals surface area contributed by atoms with Crippen molar-refractivity contribution in [3.05, 3.63) is 91.9 Å². The van der Waals surface area contributed by atoms with Gasteiger partial charge in [-0.1, -0.05) is 64.3 Å². The van der Waals surface area contributed by atoms with E-state index < -0.39 is 15.9 Å². The molecular weight excluding hydrogens is 547 g/mol. The number of sulfonamides is 1. The number of nitrogens with zero attached hydrogens (tertiary/aromatic N) is 1. The molecule has 9 heteroatoms. The molecule has 0 heterocycles. The summed E-state index contributed by atoms with van der Waals surface area (Å²) in [6.45, 7) is 3.45. The quantitative estimate of drug-likeness (QED) is 0.339. The summed E-state index contributed by atoms with van der Waals surface area (Å²) in [4.78, 5) is 13.1. The second-order valence-electron chi connectivity index (χ2n) is 7.48. The van der Waals surface area contributed by atoms with Gasteiger partial charge in [0.05, 0.1) is 11.4 Å². The van der Waals surface area contributed by atoms with Crippen LogP contribution in [0, 0.1) is 6.92 Å². The number of amides is 1. The van der Waals surface area contributed by atoms with Crippen molar-refractivity contribution in [3.63, 3.8) is 0 Å². The van der Waals surface area contributed by atoms with Gasteiger partial charge < -0.3 is 5.32 Å². The van der Waals surface area contributed by atoms with Gasteiger partial charge in [0.25, 0.3) is 0 Å². The third-order valence-corrected chi connectivity index (χ3v) is 7.99. The summed E-state index contributed by atoms with van der Waals surface area (Å²) in [6.07, 6.45) is 0.711. The van der Waals surface area contributed by atoms with Crippen LogP contribution in [0.2, 0.25) is 10.0 Å². The third kappa shape index (κ3) is 6.37. The molecule has 0 fully saturated rings. The highest BCUT2D eigenvalue weighted by Gasteiger charge is 2.28. The summed E-state index contributed by atoms with van der Waals surface area (Å²) in [7, 11) is -4.00. The van der Waals surface area contributed by atoms with Gasteiger partial charge in [-0.05, 0) is 72.5 Å². The van der Waals surface area contributed by atoms with Crippen LogP contribution in [0.1, 0.15) is 23.6 Å². The van der Waals surface area contributed by atoms with Gasteiger partial charge in [0.1, 0.15) is 0 Å². The number of rotatable bonds is 8. The first-order chi connectivity index (χ1) is 15.6. The number of aryl methyl sites for hydroxylation is 2. The molecule has 0 spiro atoms. The fraction of sp³-hybridized carbons (Fsp3) is 0.208. The summed E-state index contributed by atoms with van der Waals surface area (Å²) in [5, 5.41) is 3.74. The zero-order valence-corrected chi connectivity index (χ0v) is 22.0. The van der Waals surface area contributed by atoms with Gasteiger partial charge in [-0.15, -0.1) is 0 Å². The Kier molecular flexibility index (Phi) is 8.59. The fourth-order valence-electron chi connectivity index (χ4n) is 3.41. The highest BCUT2D eigenvalue weighted by atomic mass is 79.9. The zero-order chi connectivity index (χ0) is 24.2. The maximum absolute atomic E-state index is 13.4. The molecule has 0 aliphatic rings. The van der Waals surface area contributed by atoms with Gasteiger partial charge in [0, 0.05) is 26.8 Å². The summed E-state index contributed by atoms with van der Waals surface area (Å²) in [5.74, 6) is -0.445. The first-order valence-corrected chi connectivity index (χ1v) is 13.2. The van der Waals surface area contributed by atoms with Crippen molar-refractivity contribution in [2.24, 2.45) is 0 Å². The molecule has 1 N–H and O–H groups in total. The van der Waals surface area contributed by atoms with Crippen LogP contribution in [0.5, 0.6) is 0 Å². The molecule has 1 amide bonds. The van der Waals surface area contributed by atoms with E-state index in [0.29, 0.717) is 27.7 Å². The van der Waals surface area contributed by atoms with E-state index in [1.54, 1.807) is 24.3 Å². The Balaban J connectivity index is 1.94. The fourth-order valence-corrected chi connectivity index (χ4v) is 5.72. The second-order valence-corrected chi connectivity index (χ2v) is 11.2. The Labute approximate surface area is 212 Å². The maximum atomic E-state index is 13.4. The molecular formula is C24H23BrCl2N2O3S. The van der Waals surface area contributed by atoms with Gasteiger partial charge in [-0.3, -0.25) is 4.79 Å². The van der Waals surface area contributed by atoms with Crippen molar-refractivity contribution < 1.29 is 13.2 Å². The van der Waals surface area contributed by atoms with E-state index in [1.165, 1.54) is 24.3 Å². The maximum Gasteiger partial charge on any atom is 0.243 e. The SMILES string of the molecule is CCc1cc(Br)cc(C)c1NC(=O)CN(Cc1ccccc1Cl)S(=O)(=O)c1ccc(Cl)cc1. The number of carbonyl (C=O) groups is 1. The molecule has 0 unspecified atom stereocenters. The van der Waals surface area contributed by atoms with Crippen LogP contribution in [0.4, 0.5) is 5.69 Å². The highest BCUT2D eigenvalue weighted by Crippen LogP contribution is 2.27. The third-order valence-electron chi connectivity index (χ3n) is 5.10. The van der Waals surface area contributed by atoms with E-state index in [4.69, 9.17) is 23.2 Å². The average molecular weight is 570 g/mol. The lowest BCUT2D eigenvalue weighted by molar-refractivity contribution is -0.116. The van der Waals surface area contributed by atoms with Crippen molar-refractivity contribution in [1.29, 1.82) is 0 Å². The van der Waals surface area contributed by atoms with E-state index in [2.05, 4.69) is 21.2 Å². The van der Waals surface area contributed by atoms with Crippen LogP contribution in [0.3, 0.4) is 0 Å². The van der Waals surface area contributed by atoms with Crippen LogP contribution < -0.4 is 5.32 Å². The van der Waals surface area contributed by atoms with Gasteiger partial charge >= 0.3 is 0 Å². The van der Waals surface area contributed by atoms with Crippen LogP contribution >= 0.6 is 39.1 Å². The van der Waals surface area contributed by atoms with E-state index >= 15 is 0 Å². The number of nitrogens with one attached hydrogen (secondary N) is 1. The minimum Gasteiger partial charge on any atom is -0.324 e. The lowest BCUT2D eigenvalue weighted by Gasteiger charge is -2.23. The normalized spacial score (nSPS) is 11.6. The van der Waals surface area contributed by atoms with Crippen LogP contribution in [0.15, 0.2) is 70.0 Å². The number of anilines is 1. The molecule has 0 atom stereocenters. The van der Waals surface area contributed by atoms with Crippen LogP contribution in [-0.4, -0.2) is 25.2 Å². The number of hydrogen-bond acceptors (Lipinski definition) is 3. The zero-order valence-electron chi connectivity index (χ0n) is 18.1. The van der Waals surface area contributed by atoms with Crippen LogP contribution in [0.25, 0.3) is 0 Å². The van der Waals surface area contributed by atoms with Crippen molar-refractivity contribution >= 4 is 60.7 Å². The summed E-state index contributed by atoms with van der Waals surface area (Å²) in [6, 6.07) is 16.6. The Morgan fingerprint density at radius 3 is 2.33 bits per heavy atom. The predicted molar refractivity (Wildman–Crippen MR) is 137 cm³/mol. The molecule has 3 aromatic carbocycles. The smallest absolute Gasteiger partial charge is 0.243 e. The average Bonchev–Trinajstić information content (AvgIpc) is 2.76.